The molecule has 5 heteroatoms. The molecule has 1 unspecified atom stereocenters. The fraction of sp³-hybridized carbons (Fsp3) is 0.636. The van der Waals surface area contributed by atoms with Gasteiger partial charge in [-0.3, -0.25) is 10.1 Å². The molecule has 0 aliphatic carbocycles. The van der Waals surface area contributed by atoms with Crippen molar-refractivity contribution in [3.63, 3.8) is 0 Å². The number of likely N-dealkylation sites (N-methyl/N-ethyl adjacent to an activating group) is 1. The summed E-state index contributed by atoms with van der Waals surface area (Å²) in [5.41, 5.74) is 0. The smallest absolute Gasteiger partial charge is 0.233 e. The molecule has 0 aliphatic heterocycles. The van der Waals surface area contributed by atoms with E-state index in [9.17, 15) is 4.79 Å². The van der Waals surface area contributed by atoms with Gasteiger partial charge in [-0.15, -0.1) is 11.3 Å². The van der Waals surface area contributed by atoms with Crippen LogP contribution < -0.4 is 10.6 Å². The largest absolute Gasteiger partial charge is 0.355 e. The van der Waals surface area contributed by atoms with Crippen molar-refractivity contribution in [2.24, 2.45) is 0 Å². The predicted octanol–water partition coefficient (Wildman–Crippen LogP) is 1.49. The monoisotopic (exact) mass is 241 g/mol. The summed E-state index contributed by atoms with van der Waals surface area (Å²) >= 11 is 1.70. The third-order valence-corrected chi connectivity index (χ3v) is 3.56. The van der Waals surface area contributed by atoms with E-state index in [4.69, 9.17) is 0 Å². The first-order chi connectivity index (χ1) is 7.67. The molecule has 1 amide bonds. The van der Waals surface area contributed by atoms with E-state index < -0.39 is 0 Å². The predicted molar refractivity (Wildman–Crippen MR) is 66.6 cm³/mol. The molecule has 1 aromatic heterocycles. The van der Waals surface area contributed by atoms with Crippen molar-refractivity contribution in [2.75, 3.05) is 13.1 Å². The van der Waals surface area contributed by atoms with Gasteiger partial charge in [-0.2, -0.15) is 0 Å². The van der Waals surface area contributed by atoms with Gasteiger partial charge in [0.05, 0.1) is 12.6 Å². The maximum atomic E-state index is 11.2. The van der Waals surface area contributed by atoms with Crippen molar-refractivity contribution in [3.05, 3.63) is 16.1 Å². The van der Waals surface area contributed by atoms with Crippen LogP contribution in [0.15, 0.2) is 6.20 Å². The number of hydrogen-bond acceptors (Lipinski definition) is 4. The second-order valence-corrected chi connectivity index (χ2v) is 4.72. The van der Waals surface area contributed by atoms with Crippen LogP contribution in [-0.2, 0) is 11.2 Å². The third-order valence-electron chi connectivity index (χ3n) is 2.23. The Morgan fingerprint density at radius 1 is 1.56 bits per heavy atom. The standard InChI is InChI=1S/C11H19N3OS/c1-4-9-6-14-11(16-9)8(3)13-7-10(15)12-5-2/h6,8,13H,4-5,7H2,1-3H3,(H,12,15). The Balaban J connectivity index is 2.40. The van der Waals surface area contributed by atoms with Crippen molar-refractivity contribution in [1.29, 1.82) is 0 Å². The molecule has 90 valence electrons. The molecule has 1 atom stereocenters. The van der Waals surface area contributed by atoms with E-state index in [2.05, 4.69) is 22.5 Å². The number of hydrogen-bond donors (Lipinski definition) is 2. The summed E-state index contributed by atoms with van der Waals surface area (Å²) in [6.07, 6.45) is 2.92. The Morgan fingerprint density at radius 3 is 2.88 bits per heavy atom. The lowest BCUT2D eigenvalue weighted by Gasteiger charge is -2.10. The quantitative estimate of drug-likeness (QED) is 0.793. The first-order valence-corrected chi connectivity index (χ1v) is 6.43. The van der Waals surface area contributed by atoms with Crippen LogP contribution in [0, 0.1) is 0 Å². The second-order valence-electron chi connectivity index (χ2n) is 3.57. The van der Waals surface area contributed by atoms with E-state index in [0.29, 0.717) is 13.1 Å². The number of amides is 1. The molecule has 16 heavy (non-hydrogen) atoms. The van der Waals surface area contributed by atoms with E-state index in [1.54, 1.807) is 11.3 Å². The highest BCUT2D eigenvalue weighted by atomic mass is 32.1. The van der Waals surface area contributed by atoms with Crippen molar-refractivity contribution in [1.82, 2.24) is 15.6 Å². The van der Waals surface area contributed by atoms with Crippen molar-refractivity contribution in [3.8, 4) is 0 Å². The molecule has 1 heterocycles. The maximum Gasteiger partial charge on any atom is 0.233 e. The molecule has 0 aliphatic rings. The Morgan fingerprint density at radius 2 is 2.31 bits per heavy atom. The summed E-state index contributed by atoms with van der Waals surface area (Å²) in [7, 11) is 0. The van der Waals surface area contributed by atoms with Gasteiger partial charge in [-0.1, -0.05) is 6.92 Å². The molecule has 2 N–H and O–H groups in total. The highest BCUT2D eigenvalue weighted by Crippen LogP contribution is 2.19. The van der Waals surface area contributed by atoms with Crippen molar-refractivity contribution < 1.29 is 4.79 Å². The second kappa shape index (κ2) is 6.60. The zero-order valence-corrected chi connectivity index (χ0v) is 10.9. The minimum Gasteiger partial charge on any atom is -0.355 e. The molecule has 0 aromatic carbocycles. The molecule has 0 spiro atoms. The lowest BCUT2D eigenvalue weighted by atomic mass is 10.3. The summed E-state index contributed by atoms with van der Waals surface area (Å²) in [6.45, 7) is 7.07. The number of thiazole rings is 1. The van der Waals surface area contributed by atoms with E-state index in [1.807, 2.05) is 20.0 Å². The lowest BCUT2D eigenvalue weighted by Crippen LogP contribution is -2.34. The Hall–Kier alpha value is -0.940. The molecule has 1 rings (SSSR count). The van der Waals surface area contributed by atoms with E-state index in [-0.39, 0.29) is 11.9 Å². The third kappa shape index (κ3) is 3.90. The highest BCUT2D eigenvalue weighted by Gasteiger charge is 2.10. The van der Waals surface area contributed by atoms with Crippen LogP contribution >= 0.6 is 11.3 Å². The summed E-state index contributed by atoms with van der Waals surface area (Å²) in [5.74, 6) is 0.0293. The number of nitrogens with zero attached hydrogens (tertiary/aromatic N) is 1. The van der Waals surface area contributed by atoms with Gasteiger partial charge < -0.3 is 5.32 Å². The summed E-state index contributed by atoms with van der Waals surface area (Å²) in [5, 5.41) is 6.95. The number of aromatic nitrogens is 1. The zero-order chi connectivity index (χ0) is 12.0. The number of aryl methyl sites for hydroxylation is 1. The summed E-state index contributed by atoms with van der Waals surface area (Å²) in [6, 6.07) is 0.132. The van der Waals surface area contributed by atoms with Gasteiger partial charge in [-0.05, 0) is 20.3 Å². The normalized spacial score (nSPS) is 12.4. The molecule has 0 saturated carbocycles. The van der Waals surface area contributed by atoms with Crippen LogP contribution in [0.2, 0.25) is 0 Å². The van der Waals surface area contributed by atoms with Crippen LogP contribution in [0.4, 0.5) is 0 Å². The van der Waals surface area contributed by atoms with Crippen LogP contribution in [0.5, 0.6) is 0 Å². The molecule has 0 bridgehead atoms. The van der Waals surface area contributed by atoms with Gasteiger partial charge in [0.1, 0.15) is 5.01 Å². The number of rotatable bonds is 6. The van der Waals surface area contributed by atoms with E-state index in [0.717, 1.165) is 11.4 Å². The van der Waals surface area contributed by atoms with Gasteiger partial charge in [0.2, 0.25) is 5.91 Å². The first kappa shape index (κ1) is 13.1. The minimum absolute atomic E-state index is 0.0293. The average Bonchev–Trinajstić information content (AvgIpc) is 2.75. The van der Waals surface area contributed by atoms with Crippen molar-refractivity contribution >= 4 is 17.2 Å². The average molecular weight is 241 g/mol. The van der Waals surface area contributed by atoms with Crippen LogP contribution in [-0.4, -0.2) is 24.0 Å². The molecular formula is C11H19N3OS. The minimum atomic E-state index is 0.0293. The fourth-order valence-electron chi connectivity index (χ4n) is 1.28. The van der Waals surface area contributed by atoms with Gasteiger partial charge in [-0.25, -0.2) is 4.98 Å². The van der Waals surface area contributed by atoms with Crippen molar-refractivity contribution in [2.45, 2.75) is 33.2 Å². The highest BCUT2D eigenvalue weighted by molar-refractivity contribution is 7.11. The molecule has 1 aromatic rings. The summed E-state index contributed by atoms with van der Waals surface area (Å²) < 4.78 is 0. The molecular weight excluding hydrogens is 222 g/mol. The van der Waals surface area contributed by atoms with Crippen LogP contribution in [0.1, 0.15) is 36.7 Å². The molecule has 0 radical (unpaired) electrons. The Labute approximate surface area is 100 Å². The van der Waals surface area contributed by atoms with E-state index >= 15 is 0 Å². The maximum absolute atomic E-state index is 11.2. The van der Waals surface area contributed by atoms with Crippen LogP contribution in [0.3, 0.4) is 0 Å². The zero-order valence-electron chi connectivity index (χ0n) is 10.0. The molecule has 4 nitrogen and oxygen atoms in total. The SMILES string of the molecule is CCNC(=O)CNC(C)c1ncc(CC)s1. The molecule has 0 fully saturated rings. The van der Waals surface area contributed by atoms with Gasteiger partial charge in [0, 0.05) is 17.6 Å². The summed E-state index contributed by atoms with van der Waals surface area (Å²) in [4.78, 5) is 16.9. The topological polar surface area (TPSA) is 54.0 Å². The Kier molecular flexibility index (Phi) is 5.42. The lowest BCUT2D eigenvalue weighted by molar-refractivity contribution is -0.120. The fourth-order valence-corrected chi connectivity index (χ4v) is 2.16. The number of carbonyl (C=O) groups is 1. The van der Waals surface area contributed by atoms with Gasteiger partial charge in [0.25, 0.3) is 0 Å². The number of carbonyl (C=O) groups excluding carboxylic acids is 1. The van der Waals surface area contributed by atoms with Gasteiger partial charge in [0.15, 0.2) is 0 Å². The van der Waals surface area contributed by atoms with E-state index in [1.165, 1.54) is 4.88 Å². The van der Waals surface area contributed by atoms with Crippen LogP contribution in [0.25, 0.3) is 0 Å². The first-order valence-electron chi connectivity index (χ1n) is 5.62. The molecule has 0 saturated heterocycles. The van der Waals surface area contributed by atoms with Gasteiger partial charge >= 0.3 is 0 Å². The Bertz CT molecular complexity index is 338. The number of nitrogens with one attached hydrogen (secondary N) is 2.